The predicted octanol–water partition coefficient (Wildman–Crippen LogP) is -1.45. The van der Waals surface area contributed by atoms with Crippen LogP contribution in [-0.2, 0) is 12.6 Å². The van der Waals surface area contributed by atoms with E-state index in [0.717, 1.165) is 5.56 Å². The van der Waals surface area contributed by atoms with Crippen LogP contribution in [0, 0.1) is 11.2 Å². The van der Waals surface area contributed by atoms with E-state index in [9.17, 15) is 0 Å². The molecule has 0 nitrogen and oxygen atoms in total. The van der Waals surface area contributed by atoms with Crippen LogP contribution in [0.2, 0.25) is 0 Å². The molecule has 0 fully saturated rings. The Bertz CT molecular complexity index is 232. The summed E-state index contributed by atoms with van der Waals surface area (Å²) in [5.74, 6) is 2.77. The molecule has 0 aromatic heterocycles. The fourth-order valence-corrected chi connectivity index (χ4v) is 0.698. The molecule has 0 unspecified atom stereocenters. The van der Waals surface area contributed by atoms with E-state index < -0.39 is 0 Å². The second kappa shape index (κ2) is 5.76. The Kier molecular flexibility index (Phi) is 5.76. The van der Waals surface area contributed by atoms with E-state index in [2.05, 4.69) is 23.8 Å². The average Bonchev–Trinajstić information content (AvgIpc) is 1.91. The summed E-state index contributed by atoms with van der Waals surface area (Å²) in [6, 6.07) is 9.69. The van der Waals surface area contributed by atoms with Gasteiger partial charge >= 0.3 is 29.6 Å². The molecule has 10 heavy (non-hydrogen) atoms. The maximum atomic E-state index is 4.47. The van der Waals surface area contributed by atoms with Crippen LogP contribution >= 0.6 is 0 Å². The van der Waals surface area contributed by atoms with Crippen LogP contribution in [0.25, 0.3) is 0 Å². The Hall–Kier alpha value is 0. The van der Waals surface area contributed by atoms with Gasteiger partial charge in [-0.2, -0.15) is 0 Å². The van der Waals surface area contributed by atoms with Crippen molar-refractivity contribution in [3.63, 3.8) is 0 Å². The van der Waals surface area contributed by atoms with E-state index in [1.807, 2.05) is 30.3 Å². The van der Waals surface area contributed by atoms with E-state index in [1.54, 1.807) is 0 Å². The molecular weight excluding hydrogens is 151 g/mol. The molecule has 0 saturated carbocycles. The first-order valence-electron chi connectivity index (χ1n) is 2.61. The zero-order chi connectivity index (χ0) is 6.53. The number of rotatable bonds is 0. The zero-order valence-electron chi connectivity index (χ0n) is 5.79. The first kappa shape index (κ1) is 10.0. The van der Waals surface area contributed by atoms with E-state index in [0.29, 0.717) is 0 Å². The zero-order valence-corrected chi connectivity index (χ0v) is 8.61. The van der Waals surface area contributed by atoms with Gasteiger partial charge in [0.05, 0.1) is 0 Å². The van der Waals surface area contributed by atoms with Gasteiger partial charge in [-0.15, -0.1) is 0 Å². The summed E-state index contributed by atoms with van der Waals surface area (Å²) >= 11 is 4.47. The largest absolute Gasteiger partial charge is 1.00 e. The van der Waals surface area contributed by atoms with Gasteiger partial charge in [0.2, 0.25) is 0 Å². The summed E-state index contributed by atoms with van der Waals surface area (Å²) in [6.07, 6.45) is 0. The summed E-state index contributed by atoms with van der Waals surface area (Å²) in [6.45, 7) is 0. The minimum Gasteiger partial charge on any atom is -0.724 e. The normalized spacial score (nSPS) is 6.80. The van der Waals surface area contributed by atoms with Gasteiger partial charge in [0.25, 0.3) is 0 Å². The monoisotopic (exact) mass is 156 g/mol. The molecule has 1 aromatic carbocycles. The molecule has 0 aliphatic rings. The standard InChI is InChI=1S/C8H6S.Na/c9-7-6-8-4-2-1-3-5-8;/h1-5,9H;/q;+1/p-1. The summed E-state index contributed by atoms with van der Waals surface area (Å²) in [5, 5.41) is 2.42. The molecule has 0 atom stereocenters. The smallest absolute Gasteiger partial charge is 0.724 e. The van der Waals surface area contributed by atoms with Crippen LogP contribution in [0.5, 0.6) is 0 Å². The second-order valence-electron chi connectivity index (χ2n) is 1.59. The van der Waals surface area contributed by atoms with E-state index in [4.69, 9.17) is 0 Å². The molecule has 1 aromatic rings. The van der Waals surface area contributed by atoms with Crippen molar-refractivity contribution in [2.75, 3.05) is 0 Å². The molecule has 0 aliphatic carbocycles. The fraction of sp³-hybridized carbons (Fsp3) is 0. The first-order chi connectivity index (χ1) is 4.43. The topological polar surface area (TPSA) is 0 Å². The minimum absolute atomic E-state index is 0. The Morgan fingerprint density at radius 3 is 2.20 bits per heavy atom. The Morgan fingerprint density at radius 2 is 1.70 bits per heavy atom. The summed E-state index contributed by atoms with van der Waals surface area (Å²) in [4.78, 5) is 0. The third-order valence-electron chi connectivity index (χ3n) is 0.969. The van der Waals surface area contributed by atoms with Crippen molar-refractivity contribution >= 4 is 12.6 Å². The Labute approximate surface area is 88.7 Å². The van der Waals surface area contributed by atoms with Crippen LogP contribution in [0.1, 0.15) is 5.56 Å². The molecule has 0 heterocycles. The molecule has 0 spiro atoms. The van der Waals surface area contributed by atoms with Crippen LogP contribution in [0.4, 0.5) is 0 Å². The molecule has 2 heteroatoms. The minimum atomic E-state index is 0. The molecular formula is C8H5NaS. The molecule has 0 aliphatic heterocycles. The van der Waals surface area contributed by atoms with Crippen molar-refractivity contribution in [2.45, 2.75) is 0 Å². The summed E-state index contributed by atoms with van der Waals surface area (Å²) < 4.78 is 0. The SMILES string of the molecule is [Na+].[S-]C#Cc1ccccc1. The maximum Gasteiger partial charge on any atom is 1.00 e. The third-order valence-corrected chi connectivity index (χ3v) is 1.07. The number of hydrogen-bond acceptors (Lipinski definition) is 1. The van der Waals surface area contributed by atoms with Crippen molar-refractivity contribution < 1.29 is 29.6 Å². The van der Waals surface area contributed by atoms with Gasteiger partial charge < -0.3 is 12.6 Å². The van der Waals surface area contributed by atoms with Gasteiger partial charge in [-0.05, 0) is 12.1 Å². The number of hydrogen-bond donors (Lipinski definition) is 0. The van der Waals surface area contributed by atoms with Crippen molar-refractivity contribution in [1.82, 2.24) is 0 Å². The Balaban J connectivity index is 0.000000810. The van der Waals surface area contributed by atoms with Crippen LogP contribution in [0.15, 0.2) is 30.3 Å². The predicted molar refractivity (Wildman–Crippen MR) is 40.7 cm³/mol. The second-order valence-corrected chi connectivity index (χ2v) is 1.80. The van der Waals surface area contributed by atoms with Gasteiger partial charge in [-0.3, -0.25) is 0 Å². The van der Waals surface area contributed by atoms with Crippen molar-refractivity contribution in [3.05, 3.63) is 35.9 Å². The van der Waals surface area contributed by atoms with Gasteiger partial charge in [-0.1, -0.05) is 24.1 Å². The Morgan fingerprint density at radius 1 is 1.10 bits per heavy atom. The van der Waals surface area contributed by atoms with Gasteiger partial charge in [0, 0.05) is 5.56 Å². The van der Waals surface area contributed by atoms with Gasteiger partial charge in [-0.25, -0.2) is 5.25 Å². The van der Waals surface area contributed by atoms with Crippen LogP contribution in [-0.4, -0.2) is 0 Å². The molecule has 1 rings (SSSR count). The molecule has 0 bridgehead atoms. The first-order valence-corrected chi connectivity index (χ1v) is 3.02. The maximum absolute atomic E-state index is 4.47. The van der Waals surface area contributed by atoms with E-state index >= 15 is 0 Å². The quantitative estimate of drug-likeness (QED) is 0.251. The third kappa shape index (κ3) is 3.24. The van der Waals surface area contributed by atoms with Gasteiger partial charge in [0.15, 0.2) is 0 Å². The van der Waals surface area contributed by atoms with E-state index in [1.165, 1.54) is 0 Å². The average molecular weight is 156 g/mol. The van der Waals surface area contributed by atoms with Gasteiger partial charge in [0.1, 0.15) is 0 Å². The number of benzene rings is 1. The molecule has 0 amide bonds. The van der Waals surface area contributed by atoms with Crippen LogP contribution in [0.3, 0.4) is 0 Å². The summed E-state index contributed by atoms with van der Waals surface area (Å²) in [7, 11) is 0. The van der Waals surface area contributed by atoms with Crippen molar-refractivity contribution in [1.29, 1.82) is 0 Å². The van der Waals surface area contributed by atoms with Crippen molar-refractivity contribution in [2.24, 2.45) is 0 Å². The van der Waals surface area contributed by atoms with E-state index in [-0.39, 0.29) is 29.6 Å². The molecule has 0 N–H and O–H groups in total. The van der Waals surface area contributed by atoms with Crippen molar-refractivity contribution in [3.8, 4) is 11.2 Å². The fourth-order valence-electron chi connectivity index (χ4n) is 0.580. The molecule has 44 valence electrons. The van der Waals surface area contributed by atoms with Crippen LogP contribution < -0.4 is 29.6 Å². The summed E-state index contributed by atoms with van der Waals surface area (Å²) in [5.41, 5.74) is 0.979. The molecule has 0 saturated heterocycles. The molecule has 0 radical (unpaired) electrons.